The van der Waals surface area contributed by atoms with Gasteiger partial charge in [-0.3, -0.25) is 5.32 Å². The van der Waals surface area contributed by atoms with Crippen LogP contribution in [-0.4, -0.2) is 19.8 Å². The second kappa shape index (κ2) is 6.82. The molecular weight excluding hydrogens is 214 g/mol. The first-order chi connectivity index (χ1) is 8.21. The molecule has 0 aliphatic carbocycles. The van der Waals surface area contributed by atoms with Crippen molar-refractivity contribution in [2.75, 3.05) is 13.7 Å². The minimum atomic E-state index is 0.0626. The van der Waals surface area contributed by atoms with E-state index >= 15 is 0 Å². The van der Waals surface area contributed by atoms with Crippen molar-refractivity contribution >= 4 is 0 Å². The second-order valence-electron chi connectivity index (χ2n) is 3.69. The van der Waals surface area contributed by atoms with E-state index in [2.05, 4.69) is 11.2 Å². The Morgan fingerprint density at radius 3 is 2.76 bits per heavy atom. The molecule has 0 bridgehead atoms. The first-order valence-corrected chi connectivity index (χ1v) is 5.70. The summed E-state index contributed by atoms with van der Waals surface area (Å²) < 4.78 is 10.7. The highest BCUT2D eigenvalue weighted by Crippen LogP contribution is 2.27. The number of ether oxygens (including phenoxy) is 2. The van der Waals surface area contributed by atoms with Crippen molar-refractivity contribution in [1.82, 2.24) is 5.32 Å². The topological polar surface area (TPSA) is 30.5 Å². The molecular formula is C14H19NO2. The third kappa shape index (κ3) is 4.01. The van der Waals surface area contributed by atoms with Crippen LogP contribution in [0.25, 0.3) is 0 Å². The third-order valence-electron chi connectivity index (χ3n) is 2.39. The van der Waals surface area contributed by atoms with Crippen LogP contribution in [0.15, 0.2) is 18.2 Å². The molecule has 0 fully saturated rings. The van der Waals surface area contributed by atoms with Gasteiger partial charge in [0.05, 0.1) is 19.8 Å². The normalized spacial score (nSPS) is 11.6. The molecule has 1 aromatic carbocycles. The lowest BCUT2D eigenvalue weighted by atomic mass is 10.2. The van der Waals surface area contributed by atoms with Gasteiger partial charge in [0.1, 0.15) is 0 Å². The Labute approximate surface area is 103 Å². The predicted octanol–water partition coefficient (Wildman–Crippen LogP) is 2.21. The molecule has 3 nitrogen and oxygen atoms in total. The highest BCUT2D eigenvalue weighted by molar-refractivity contribution is 5.42. The molecule has 1 unspecified atom stereocenters. The lowest BCUT2D eigenvalue weighted by molar-refractivity contribution is 0.310. The van der Waals surface area contributed by atoms with Crippen LogP contribution >= 0.6 is 0 Å². The van der Waals surface area contributed by atoms with Crippen molar-refractivity contribution in [3.8, 4) is 23.8 Å². The quantitative estimate of drug-likeness (QED) is 0.764. The van der Waals surface area contributed by atoms with Gasteiger partial charge in [0.2, 0.25) is 0 Å². The number of benzene rings is 1. The summed E-state index contributed by atoms with van der Waals surface area (Å²) in [5, 5.41) is 3.22. The molecule has 0 heterocycles. The fraction of sp³-hybridized carbons (Fsp3) is 0.429. The highest BCUT2D eigenvalue weighted by atomic mass is 16.5. The van der Waals surface area contributed by atoms with Gasteiger partial charge in [-0.05, 0) is 31.5 Å². The van der Waals surface area contributed by atoms with E-state index in [0.29, 0.717) is 13.2 Å². The van der Waals surface area contributed by atoms with Crippen LogP contribution in [0.5, 0.6) is 11.5 Å². The van der Waals surface area contributed by atoms with Gasteiger partial charge in [0.25, 0.3) is 0 Å². The zero-order valence-electron chi connectivity index (χ0n) is 10.6. The summed E-state index contributed by atoms with van der Waals surface area (Å²) in [6.07, 6.45) is 5.30. The van der Waals surface area contributed by atoms with Gasteiger partial charge >= 0.3 is 0 Å². The van der Waals surface area contributed by atoms with Gasteiger partial charge in [-0.2, -0.15) is 0 Å². The summed E-state index contributed by atoms with van der Waals surface area (Å²) in [5.74, 6) is 4.15. The minimum Gasteiger partial charge on any atom is -0.493 e. The molecule has 0 radical (unpaired) electrons. The minimum absolute atomic E-state index is 0.0626. The van der Waals surface area contributed by atoms with Gasteiger partial charge < -0.3 is 9.47 Å². The van der Waals surface area contributed by atoms with Crippen molar-refractivity contribution < 1.29 is 9.47 Å². The smallest absolute Gasteiger partial charge is 0.161 e. The van der Waals surface area contributed by atoms with Crippen LogP contribution in [0.4, 0.5) is 0 Å². The summed E-state index contributed by atoms with van der Waals surface area (Å²) in [4.78, 5) is 0. The van der Waals surface area contributed by atoms with Crippen LogP contribution < -0.4 is 14.8 Å². The van der Waals surface area contributed by atoms with Crippen molar-refractivity contribution in [2.45, 2.75) is 26.4 Å². The maximum absolute atomic E-state index is 5.45. The van der Waals surface area contributed by atoms with E-state index in [1.165, 1.54) is 0 Å². The van der Waals surface area contributed by atoms with E-state index in [1.54, 1.807) is 7.11 Å². The van der Waals surface area contributed by atoms with E-state index in [4.69, 9.17) is 15.9 Å². The summed E-state index contributed by atoms with van der Waals surface area (Å²) in [6, 6.07) is 5.94. The Morgan fingerprint density at radius 1 is 1.41 bits per heavy atom. The molecule has 0 aromatic heterocycles. The van der Waals surface area contributed by atoms with Gasteiger partial charge in [-0.15, -0.1) is 6.42 Å². The number of terminal acetylenes is 1. The lowest BCUT2D eigenvalue weighted by Crippen LogP contribution is -2.23. The third-order valence-corrected chi connectivity index (χ3v) is 2.39. The summed E-state index contributed by atoms with van der Waals surface area (Å²) >= 11 is 0. The van der Waals surface area contributed by atoms with Gasteiger partial charge in [-0.25, -0.2) is 0 Å². The van der Waals surface area contributed by atoms with E-state index in [1.807, 2.05) is 32.0 Å². The number of methoxy groups -OCH3 is 1. The van der Waals surface area contributed by atoms with Crippen LogP contribution in [0, 0.1) is 12.3 Å². The van der Waals surface area contributed by atoms with Crippen molar-refractivity contribution in [3.63, 3.8) is 0 Å². The molecule has 1 atom stereocenters. The van der Waals surface area contributed by atoms with E-state index in [0.717, 1.165) is 17.1 Å². The van der Waals surface area contributed by atoms with Crippen molar-refractivity contribution in [3.05, 3.63) is 23.8 Å². The lowest BCUT2D eigenvalue weighted by Gasteiger charge is -2.12. The summed E-state index contributed by atoms with van der Waals surface area (Å²) in [6.45, 7) is 5.24. The second-order valence-corrected chi connectivity index (χ2v) is 3.69. The molecule has 0 spiro atoms. The number of nitrogens with one attached hydrogen (secondary N) is 1. The Morgan fingerprint density at radius 2 is 2.18 bits per heavy atom. The largest absolute Gasteiger partial charge is 0.493 e. The summed E-state index contributed by atoms with van der Waals surface area (Å²) in [7, 11) is 1.64. The number of hydrogen-bond donors (Lipinski definition) is 1. The molecule has 0 amide bonds. The van der Waals surface area contributed by atoms with E-state index in [9.17, 15) is 0 Å². The molecule has 1 aromatic rings. The zero-order valence-corrected chi connectivity index (χ0v) is 10.6. The van der Waals surface area contributed by atoms with Crippen LogP contribution in [0.2, 0.25) is 0 Å². The highest BCUT2D eigenvalue weighted by Gasteiger charge is 2.05. The van der Waals surface area contributed by atoms with Gasteiger partial charge in [-0.1, -0.05) is 12.0 Å². The first kappa shape index (κ1) is 13.4. The molecule has 92 valence electrons. The summed E-state index contributed by atoms with van der Waals surface area (Å²) in [5.41, 5.74) is 1.12. The number of rotatable bonds is 6. The predicted molar refractivity (Wildman–Crippen MR) is 69.3 cm³/mol. The SMILES string of the molecule is C#CC(C)NCc1ccc(OCC)c(OC)c1. The molecule has 0 aliphatic rings. The average Bonchev–Trinajstić information content (AvgIpc) is 2.37. The molecule has 0 saturated heterocycles. The standard InChI is InChI=1S/C14H19NO2/c1-5-11(3)15-10-12-7-8-13(17-6-2)14(9-12)16-4/h1,7-9,11,15H,6,10H2,2-4H3. The monoisotopic (exact) mass is 233 g/mol. The zero-order chi connectivity index (χ0) is 12.7. The Kier molecular flexibility index (Phi) is 5.38. The molecule has 0 aliphatic heterocycles. The average molecular weight is 233 g/mol. The molecule has 0 saturated carbocycles. The Hall–Kier alpha value is -1.66. The maximum Gasteiger partial charge on any atom is 0.161 e. The Balaban J connectivity index is 2.72. The fourth-order valence-corrected chi connectivity index (χ4v) is 1.43. The molecule has 1 rings (SSSR count). The fourth-order valence-electron chi connectivity index (χ4n) is 1.43. The van der Waals surface area contributed by atoms with Crippen molar-refractivity contribution in [2.24, 2.45) is 0 Å². The molecule has 17 heavy (non-hydrogen) atoms. The number of hydrogen-bond acceptors (Lipinski definition) is 3. The van der Waals surface area contributed by atoms with Crippen LogP contribution in [-0.2, 0) is 6.54 Å². The van der Waals surface area contributed by atoms with E-state index < -0.39 is 0 Å². The van der Waals surface area contributed by atoms with Crippen LogP contribution in [0.3, 0.4) is 0 Å². The van der Waals surface area contributed by atoms with Crippen LogP contribution in [0.1, 0.15) is 19.4 Å². The maximum atomic E-state index is 5.45. The Bertz CT molecular complexity index is 396. The van der Waals surface area contributed by atoms with Gasteiger partial charge in [0.15, 0.2) is 11.5 Å². The molecule has 3 heteroatoms. The van der Waals surface area contributed by atoms with Crippen molar-refractivity contribution in [1.29, 1.82) is 0 Å². The first-order valence-electron chi connectivity index (χ1n) is 5.70. The van der Waals surface area contributed by atoms with Gasteiger partial charge in [0, 0.05) is 6.54 Å². The molecule has 1 N–H and O–H groups in total. The van der Waals surface area contributed by atoms with E-state index in [-0.39, 0.29) is 6.04 Å².